The molecule has 2 fully saturated rings. The van der Waals surface area contributed by atoms with E-state index < -0.39 is 5.41 Å². The summed E-state index contributed by atoms with van der Waals surface area (Å²) in [7, 11) is 3.50. The Kier molecular flexibility index (Phi) is 4.68. The molecule has 3 rings (SSSR count). The molecular weight excluding hydrogens is 318 g/mol. The minimum Gasteiger partial charge on any atom is -0.331 e. The summed E-state index contributed by atoms with van der Waals surface area (Å²) in [6.07, 6.45) is 1.92. The van der Waals surface area contributed by atoms with Crippen LogP contribution in [0.3, 0.4) is 0 Å². The molecule has 1 saturated carbocycles. The molecule has 0 bridgehead atoms. The SMILES string of the molecule is CN(C)C(=O)N1C[C@@H]2C[C@](Cc3ccccc3)(C(=O)N=[N+]=[N-])C[C@@H]2C1. The maximum Gasteiger partial charge on any atom is 0.319 e. The van der Waals surface area contributed by atoms with E-state index in [4.69, 9.17) is 5.53 Å². The Balaban J connectivity index is 1.80. The molecule has 132 valence electrons. The predicted octanol–water partition coefficient (Wildman–Crippen LogP) is 3.08. The van der Waals surface area contributed by atoms with Crippen LogP contribution in [0.25, 0.3) is 10.4 Å². The lowest BCUT2D eigenvalue weighted by Gasteiger charge is -2.29. The molecular formula is C18H23N5O2. The summed E-state index contributed by atoms with van der Waals surface area (Å²) in [6.45, 7) is 1.34. The van der Waals surface area contributed by atoms with E-state index in [1.54, 1.807) is 19.0 Å². The molecule has 0 spiro atoms. The van der Waals surface area contributed by atoms with Crippen molar-refractivity contribution in [2.75, 3.05) is 27.2 Å². The first kappa shape index (κ1) is 17.3. The highest BCUT2D eigenvalue weighted by atomic mass is 16.2. The Morgan fingerprint density at radius 1 is 1.24 bits per heavy atom. The van der Waals surface area contributed by atoms with Gasteiger partial charge in [-0.05, 0) is 47.3 Å². The van der Waals surface area contributed by atoms with Gasteiger partial charge in [0.25, 0.3) is 0 Å². The number of urea groups is 1. The Morgan fingerprint density at radius 2 is 1.84 bits per heavy atom. The molecule has 7 heteroatoms. The molecule has 1 aromatic carbocycles. The molecule has 1 aliphatic heterocycles. The summed E-state index contributed by atoms with van der Waals surface area (Å²) in [6, 6.07) is 9.87. The zero-order valence-corrected chi connectivity index (χ0v) is 14.6. The lowest BCUT2D eigenvalue weighted by Crippen LogP contribution is -2.39. The van der Waals surface area contributed by atoms with Crippen LogP contribution >= 0.6 is 0 Å². The molecule has 2 aliphatic rings. The number of carbonyl (C=O) groups is 2. The predicted molar refractivity (Wildman–Crippen MR) is 93.6 cm³/mol. The smallest absolute Gasteiger partial charge is 0.319 e. The Morgan fingerprint density at radius 3 is 2.36 bits per heavy atom. The van der Waals surface area contributed by atoms with Crippen LogP contribution in [0, 0.1) is 17.3 Å². The summed E-state index contributed by atoms with van der Waals surface area (Å²) in [5, 5.41) is 3.44. The quantitative estimate of drug-likeness (QED) is 0.480. The minimum atomic E-state index is -0.643. The van der Waals surface area contributed by atoms with Crippen molar-refractivity contribution in [2.45, 2.75) is 19.3 Å². The first-order valence-corrected chi connectivity index (χ1v) is 8.55. The molecule has 0 radical (unpaired) electrons. The maximum atomic E-state index is 12.6. The van der Waals surface area contributed by atoms with Gasteiger partial charge in [0.1, 0.15) is 0 Å². The number of rotatable bonds is 3. The van der Waals surface area contributed by atoms with E-state index in [0.717, 1.165) is 5.56 Å². The topological polar surface area (TPSA) is 89.4 Å². The molecule has 0 unspecified atom stereocenters. The van der Waals surface area contributed by atoms with E-state index in [2.05, 4.69) is 10.0 Å². The lowest BCUT2D eigenvalue weighted by atomic mass is 9.78. The number of benzene rings is 1. The molecule has 1 aromatic rings. The standard InChI is InChI=1S/C18H23N5O2/c1-22(2)17(25)23-11-14-9-18(10-15(14)12-23,16(24)20-21-19)8-13-6-4-3-5-7-13/h3-7,14-15H,8-12H2,1-2H3/t14-,15+,18-. The van der Waals surface area contributed by atoms with Crippen LogP contribution < -0.4 is 0 Å². The van der Waals surface area contributed by atoms with Crippen molar-refractivity contribution in [3.63, 3.8) is 0 Å². The summed E-state index contributed by atoms with van der Waals surface area (Å²) in [5.41, 5.74) is 9.17. The minimum absolute atomic E-state index is 0.0180. The Labute approximate surface area is 147 Å². The van der Waals surface area contributed by atoms with Crippen molar-refractivity contribution in [1.82, 2.24) is 9.80 Å². The van der Waals surface area contributed by atoms with Crippen molar-refractivity contribution in [3.8, 4) is 0 Å². The molecule has 3 atom stereocenters. The van der Waals surface area contributed by atoms with Crippen molar-refractivity contribution in [1.29, 1.82) is 0 Å². The third-order valence-electron chi connectivity index (χ3n) is 5.51. The van der Waals surface area contributed by atoms with Gasteiger partial charge in [0.05, 0.1) is 0 Å². The first-order valence-electron chi connectivity index (χ1n) is 8.55. The van der Waals surface area contributed by atoms with Crippen molar-refractivity contribution >= 4 is 11.9 Å². The van der Waals surface area contributed by atoms with Gasteiger partial charge in [-0.3, -0.25) is 4.79 Å². The first-order chi connectivity index (χ1) is 11.9. The van der Waals surface area contributed by atoms with Gasteiger partial charge in [-0.25, -0.2) is 4.79 Å². The Hall–Kier alpha value is -2.53. The number of nitrogens with zero attached hydrogens (tertiary/aromatic N) is 5. The summed E-state index contributed by atoms with van der Waals surface area (Å²) < 4.78 is 0. The fraction of sp³-hybridized carbons (Fsp3) is 0.556. The number of amides is 3. The van der Waals surface area contributed by atoms with Crippen LogP contribution in [0.1, 0.15) is 18.4 Å². The summed E-state index contributed by atoms with van der Waals surface area (Å²) in [5.74, 6) is 0.203. The molecule has 3 amide bonds. The van der Waals surface area contributed by atoms with Gasteiger partial charge in [-0.1, -0.05) is 30.3 Å². The number of carbonyl (C=O) groups excluding carboxylic acids is 2. The molecule has 0 aromatic heterocycles. The van der Waals surface area contributed by atoms with Crippen molar-refractivity contribution in [2.24, 2.45) is 22.4 Å². The fourth-order valence-electron chi connectivity index (χ4n) is 4.46. The number of hydrogen-bond acceptors (Lipinski definition) is 2. The van der Waals surface area contributed by atoms with Gasteiger partial charge in [-0.15, -0.1) is 0 Å². The van der Waals surface area contributed by atoms with Gasteiger partial charge in [0, 0.05) is 37.5 Å². The second kappa shape index (κ2) is 6.76. The van der Waals surface area contributed by atoms with Gasteiger partial charge in [0.2, 0.25) is 5.91 Å². The fourth-order valence-corrected chi connectivity index (χ4v) is 4.46. The van der Waals surface area contributed by atoms with Gasteiger partial charge in [0.15, 0.2) is 0 Å². The molecule has 1 heterocycles. The maximum absolute atomic E-state index is 12.6. The van der Waals surface area contributed by atoms with E-state index >= 15 is 0 Å². The molecule has 1 aliphatic carbocycles. The number of likely N-dealkylation sites (tertiary alicyclic amines) is 1. The van der Waals surface area contributed by atoms with E-state index in [9.17, 15) is 9.59 Å². The number of hydrogen-bond donors (Lipinski definition) is 0. The largest absolute Gasteiger partial charge is 0.331 e. The zero-order valence-electron chi connectivity index (χ0n) is 14.6. The van der Waals surface area contributed by atoms with Gasteiger partial charge < -0.3 is 9.80 Å². The molecule has 7 nitrogen and oxygen atoms in total. The lowest BCUT2D eigenvalue weighted by molar-refractivity contribution is -0.127. The van der Waals surface area contributed by atoms with Crippen LogP contribution in [0.4, 0.5) is 4.79 Å². The highest BCUT2D eigenvalue weighted by molar-refractivity contribution is 5.84. The van der Waals surface area contributed by atoms with E-state index in [1.807, 2.05) is 35.2 Å². The highest BCUT2D eigenvalue weighted by Crippen LogP contribution is 2.51. The highest BCUT2D eigenvalue weighted by Gasteiger charge is 2.53. The average molecular weight is 341 g/mol. The van der Waals surface area contributed by atoms with E-state index in [0.29, 0.717) is 32.4 Å². The normalized spacial score (nSPS) is 27.5. The van der Waals surface area contributed by atoms with Crippen LogP contribution in [0.2, 0.25) is 0 Å². The molecule has 1 saturated heterocycles. The average Bonchev–Trinajstić information content (AvgIpc) is 3.11. The third-order valence-corrected chi connectivity index (χ3v) is 5.51. The van der Waals surface area contributed by atoms with E-state index in [-0.39, 0.29) is 23.8 Å². The second-order valence-electron chi connectivity index (χ2n) is 7.45. The third kappa shape index (κ3) is 3.33. The molecule has 25 heavy (non-hydrogen) atoms. The van der Waals surface area contributed by atoms with Crippen LogP contribution in [-0.2, 0) is 11.2 Å². The monoisotopic (exact) mass is 341 g/mol. The van der Waals surface area contributed by atoms with Gasteiger partial charge >= 0.3 is 6.03 Å². The second-order valence-corrected chi connectivity index (χ2v) is 7.45. The van der Waals surface area contributed by atoms with Gasteiger partial charge in [-0.2, -0.15) is 0 Å². The number of azide groups is 1. The zero-order chi connectivity index (χ0) is 18.0. The summed E-state index contributed by atoms with van der Waals surface area (Å²) in [4.78, 5) is 31.0. The van der Waals surface area contributed by atoms with E-state index in [1.165, 1.54) is 0 Å². The van der Waals surface area contributed by atoms with Crippen LogP contribution in [0.15, 0.2) is 35.4 Å². The molecule has 0 N–H and O–H groups in total. The van der Waals surface area contributed by atoms with Crippen molar-refractivity contribution < 1.29 is 9.59 Å². The van der Waals surface area contributed by atoms with Crippen LogP contribution in [-0.4, -0.2) is 48.9 Å². The van der Waals surface area contributed by atoms with Crippen LogP contribution in [0.5, 0.6) is 0 Å². The number of fused-ring (bicyclic) bond motifs is 1. The Bertz CT molecular complexity index is 697. The van der Waals surface area contributed by atoms with Crippen molar-refractivity contribution in [3.05, 3.63) is 46.3 Å². The summed E-state index contributed by atoms with van der Waals surface area (Å²) >= 11 is 0.